The minimum atomic E-state index is 0.663. The zero-order valence-electron chi connectivity index (χ0n) is 22.3. The molecule has 5 aromatic rings. The lowest BCUT2D eigenvalue weighted by molar-refractivity contribution is 0.112. The summed E-state index contributed by atoms with van der Waals surface area (Å²) < 4.78 is 0. The molecule has 190 valence electrons. The lowest BCUT2D eigenvalue weighted by atomic mass is 9.96. The first-order valence-electron chi connectivity index (χ1n) is 13.1. The number of nitrogens with zero attached hydrogens (tertiary/aromatic N) is 1. The molecule has 0 aliphatic rings. The molecule has 0 aliphatic heterocycles. The second-order valence-corrected chi connectivity index (χ2v) is 9.64. The molecule has 0 N–H and O–H groups in total. The van der Waals surface area contributed by atoms with Crippen molar-refractivity contribution in [3.8, 4) is 0 Å². The van der Waals surface area contributed by atoms with Gasteiger partial charge in [-0.05, 0) is 84.6 Å². The topological polar surface area (TPSA) is 20.3 Å². The fourth-order valence-electron chi connectivity index (χ4n) is 4.54. The highest BCUT2D eigenvalue weighted by Crippen LogP contribution is 2.34. The van der Waals surface area contributed by atoms with Gasteiger partial charge in [0.1, 0.15) is 6.29 Å². The van der Waals surface area contributed by atoms with Crippen molar-refractivity contribution < 1.29 is 4.79 Å². The van der Waals surface area contributed by atoms with E-state index in [1.165, 1.54) is 27.8 Å². The van der Waals surface area contributed by atoms with Crippen molar-refractivity contribution in [3.63, 3.8) is 0 Å². The maximum atomic E-state index is 11.2. The highest BCUT2D eigenvalue weighted by Gasteiger charge is 2.12. The van der Waals surface area contributed by atoms with Gasteiger partial charge in [-0.25, -0.2) is 0 Å². The smallest absolute Gasteiger partial charge is 0.150 e. The van der Waals surface area contributed by atoms with E-state index in [9.17, 15) is 4.79 Å². The standard InChI is InChI=1S/C37H31NO/c1-28-11-19-32(20-12-28)37(33-21-13-29(2)14-22-33)10-6-7-30-15-23-35(24-16-30)38(34-8-4-3-5-9-34)36-25-17-31(27-39)18-26-36/h3-27H,1-2H3. The van der Waals surface area contributed by atoms with Crippen LogP contribution < -0.4 is 4.90 Å². The third kappa shape index (κ3) is 6.31. The van der Waals surface area contributed by atoms with Crippen LogP contribution in [0.1, 0.15) is 38.2 Å². The van der Waals surface area contributed by atoms with Gasteiger partial charge in [0.05, 0.1) is 0 Å². The Hall–Kier alpha value is -4.95. The van der Waals surface area contributed by atoms with E-state index in [1.807, 2.05) is 42.5 Å². The lowest BCUT2D eigenvalue weighted by Crippen LogP contribution is -2.09. The Morgan fingerprint density at radius 2 is 1.00 bits per heavy atom. The number of rotatable bonds is 8. The molecular formula is C37H31NO. The fourth-order valence-corrected chi connectivity index (χ4v) is 4.54. The molecule has 0 saturated heterocycles. The number of carbonyl (C=O) groups excluding carboxylic acids is 1. The third-order valence-corrected chi connectivity index (χ3v) is 6.73. The van der Waals surface area contributed by atoms with E-state index in [-0.39, 0.29) is 0 Å². The SMILES string of the molecule is Cc1ccc(C(=CC=Cc2ccc(N(c3ccccc3)c3ccc(C=O)cc3)cc2)c2ccc(C)cc2)cc1. The van der Waals surface area contributed by atoms with Gasteiger partial charge >= 0.3 is 0 Å². The molecule has 2 heteroatoms. The number of aldehydes is 1. The second kappa shape index (κ2) is 12.1. The van der Waals surface area contributed by atoms with Gasteiger partial charge in [0, 0.05) is 22.6 Å². The predicted molar refractivity (Wildman–Crippen MR) is 165 cm³/mol. The lowest BCUT2D eigenvalue weighted by Gasteiger charge is -2.25. The molecule has 0 radical (unpaired) electrons. The van der Waals surface area contributed by atoms with E-state index >= 15 is 0 Å². The van der Waals surface area contributed by atoms with E-state index < -0.39 is 0 Å². The van der Waals surface area contributed by atoms with Gasteiger partial charge < -0.3 is 4.90 Å². The molecular weight excluding hydrogens is 474 g/mol. The Labute approximate surface area is 231 Å². The number of para-hydroxylation sites is 1. The van der Waals surface area contributed by atoms with E-state index in [0.29, 0.717) is 5.56 Å². The van der Waals surface area contributed by atoms with Crippen molar-refractivity contribution in [2.24, 2.45) is 0 Å². The van der Waals surface area contributed by atoms with Gasteiger partial charge in [0.25, 0.3) is 0 Å². The van der Waals surface area contributed by atoms with Crippen molar-refractivity contribution in [1.82, 2.24) is 0 Å². The number of hydrogen-bond donors (Lipinski definition) is 0. The number of hydrogen-bond acceptors (Lipinski definition) is 2. The first kappa shape index (κ1) is 25.7. The molecule has 0 unspecified atom stereocenters. The van der Waals surface area contributed by atoms with Gasteiger partial charge in [-0.3, -0.25) is 4.79 Å². The van der Waals surface area contributed by atoms with Crippen LogP contribution in [-0.4, -0.2) is 6.29 Å². The summed E-state index contributed by atoms with van der Waals surface area (Å²) in [6.07, 6.45) is 7.32. The molecule has 0 aromatic heterocycles. The average molecular weight is 506 g/mol. The average Bonchev–Trinajstić information content (AvgIpc) is 2.98. The number of anilines is 3. The van der Waals surface area contributed by atoms with E-state index in [4.69, 9.17) is 0 Å². The van der Waals surface area contributed by atoms with Crippen LogP contribution in [0.2, 0.25) is 0 Å². The Morgan fingerprint density at radius 1 is 0.538 bits per heavy atom. The summed E-state index contributed by atoms with van der Waals surface area (Å²) in [5.41, 5.74) is 11.0. The Balaban J connectivity index is 1.44. The summed E-state index contributed by atoms with van der Waals surface area (Å²) in [5.74, 6) is 0. The third-order valence-electron chi connectivity index (χ3n) is 6.73. The molecule has 39 heavy (non-hydrogen) atoms. The van der Waals surface area contributed by atoms with Crippen LogP contribution in [0, 0.1) is 13.8 Å². The molecule has 0 amide bonds. The molecule has 0 bridgehead atoms. The van der Waals surface area contributed by atoms with Crippen LogP contribution in [0.4, 0.5) is 17.1 Å². The Morgan fingerprint density at radius 3 is 1.49 bits per heavy atom. The van der Waals surface area contributed by atoms with Crippen molar-refractivity contribution in [1.29, 1.82) is 0 Å². The van der Waals surface area contributed by atoms with Crippen molar-refractivity contribution in [2.45, 2.75) is 13.8 Å². The number of aryl methyl sites for hydroxylation is 2. The maximum Gasteiger partial charge on any atom is 0.150 e. The fraction of sp³-hybridized carbons (Fsp3) is 0.0541. The van der Waals surface area contributed by atoms with Crippen molar-refractivity contribution in [2.75, 3.05) is 4.90 Å². The first-order valence-corrected chi connectivity index (χ1v) is 13.1. The monoisotopic (exact) mass is 505 g/mol. The number of allylic oxidation sites excluding steroid dienone is 2. The zero-order valence-corrected chi connectivity index (χ0v) is 22.3. The Kier molecular flexibility index (Phi) is 7.95. The van der Waals surface area contributed by atoms with E-state index in [1.54, 1.807) is 0 Å². The van der Waals surface area contributed by atoms with Crippen LogP contribution in [0.5, 0.6) is 0 Å². The zero-order chi connectivity index (χ0) is 27.0. The van der Waals surface area contributed by atoms with Gasteiger partial charge in [-0.1, -0.05) is 108 Å². The van der Waals surface area contributed by atoms with Crippen LogP contribution in [0.15, 0.2) is 140 Å². The molecule has 0 aliphatic carbocycles. The molecule has 0 fully saturated rings. The highest BCUT2D eigenvalue weighted by molar-refractivity contribution is 5.82. The minimum absolute atomic E-state index is 0.663. The van der Waals surface area contributed by atoms with Crippen molar-refractivity contribution in [3.05, 3.63) is 173 Å². The largest absolute Gasteiger partial charge is 0.311 e. The summed E-state index contributed by atoms with van der Waals surface area (Å²) in [5, 5.41) is 0. The molecule has 5 rings (SSSR count). The van der Waals surface area contributed by atoms with Crippen molar-refractivity contribution >= 4 is 35.0 Å². The molecule has 0 atom stereocenters. The minimum Gasteiger partial charge on any atom is -0.311 e. The van der Waals surface area contributed by atoms with Crippen LogP contribution in [0.25, 0.3) is 11.6 Å². The Bertz CT molecular complexity index is 1530. The summed E-state index contributed by atoms with van der Waals surface area (Å²) >= 11 is 0. The van der Waals surface area contributed by atoms with Crippen LogP contribution >= 0.6 is 0 Å². The van der Waals surface area contributed by atoms with Gasteiger partial charge in [0.15, 0.2) is 0 Å². The van der Waals surface area contributed by atoms with Crippen LogP contribution in [0.3, 0.4) is 0 Å². The first-order chi connectivity index (χ1) is 19.1. The number of benzene rings is 5. The second-order valence-electron chi connectivity index (χ2n) is 9.64. The molecule has 0 spiro atoms. The number of carbonyl (C=O) groups is 1. The predicted octanol–water partition coefficient (Wildman–Crippen LogP) is 9.73. The summed E-state index contributed by atoms with van der Waals surface area (Å²) in [6, 6.07) is 43.8. The van der Waals surface area contributed by atoms with Gasteiger partial charge in [0.2, 0.25) is 0 Å². The normalized spacial score (nSPS) is 10.8. The van der Waals surface area contributed by atoms with E-state index in [0.717, 1.165) is 28.9 Å². The summed E-state index contributed by atoms with van der Waals surface area (Å²) in [7, 11) is 0. The van der Waals surface area contributed by atoms with Crippen LogP contribution in [-0.2, 0) is 0 Å². The summed E-state index contributed by atoms with van der Waals surface area (Å²) in [4.78, 5) is 13.3. The summed E-state index contributed by atoms with van der Waals surface area (Å²) in [6.45, 7) is 4.23. The molecule has 5 aromatic carbocycles. The molecule has 0 heterocycles. The highest BCUT2D eigenvalue weighted by atomic mass is 16.1. The quantitative estimate of drug-likeness (QED) is 0.154. The maximum absolute atomic E-state index is 11.2. The molecule has 2 nitrogen and oxygen atoms in total. The van der Waals surface area contributed by atoms with Gasteiger partial charge in [-0.15, -0.1) is 0 Å². The van der Waals surface area contributed by atoms with Gasteiger partial charge in [-0.2, -0.15) is 0 Å². The molecule has 0 saturated carbocycles. The van der Waals surface area contributed by atoms with E-state index in [2.05, 4.69) is 122 Å².